The van der Waals surface area contributed by atoms with Crippen molar-refractivity contribution in [2.24, 2.45) is 0 Å². The van der Waals surface area contributed by atoms with Gasteiger partial charge in [-0.05, 0) is 122 Å². The first-order chi connectivity index (χ1) is 21.4. The first kappa shape index (κ1) is 36.4. The Hall–Kier alpha value is -4.02. The van der Waals surface area contributed by atoms with Gasteiger partial charge in [-0.3, -0.25) is 4.89 Å². The minimum absolute atomic E-state index is 0.188. The molecule has 248 valence electrons. The monoisotopic (exact) mass is 653 g/mol. The van der Waals surface area contributed by atoms with Crippen LogP contribution in [0.15, 0.2) is 87.5 Å². The Morgan fingerprint density at radius 1 is 0.587 bits per heavy atom. The lowest BCUT2D eigenvalue weighted by Gasteiger charge is -2.22. The van der Waals surface area contributed by atoms with E-state index in [0.29, 0.717) is 17.9 Å². The predicted molar refractivity (Wildman–Crippen MR) is 175 cm³/mol. The van der Waals surface area contributed by atoms with Crippen LogP contribution >= 0.6 is 0 Å². The lowest BCUT2D eigenvalue weighted by Crippen LogP contribution is -2.28. The van der Waals surface area contributed by atoms with Crippen LogP contribution in [0.1, 0.15) is 67.9 Å². The van der Waals surface area contributed by atoms with Crippen LogP contribution in [0.3, 0.4) is 0 Å². The van der Waals surface area contributed by atoms with E-state index < -0.39 is 45.6 Å². The molecule has 0 atom stereocenters. The highest BCUT2D eigenvalue weighted by Crippen LogP contribution is 2.34. The molecule has 46 heavy (non-hydrogen) atoms. The quantitative estimate of drug-likeness (QED) is 0.0831. The standard InChI is InChI=1S/C36H45O9S/c1-25(37)44-45-36(8,9)22-26-10-16-29(17-11-26)46(30-18-12-27(13-19-30)40-23-32(38)42-34(2,3)4)31-20-14-28(15-21-31)41-24-33(39)43-35(5,6)7/h10-21H,22-24H2,1-9H3/q+1. The largest absolute Gasteiger partial charge is 0.482 e. The van der Waals surface area contributed by atoms with Crippen molar-refractivity contribution in [1.82, 2.24) is 0 Å². The minimum Gasteiger partial charge on any atom is -0.482 e. The van der Waals surface area contributed by atoms with Crippen molar-refractivity contribution in [3.8, 4) is 11.5 Å². The van der Waals surface area contributed by atoms with Gasteiger partial charge in [0.2, 0.25) is 0 Å². The highest BCUT2D eigenvalue weighted by Gasteiger charge is 2.30. The summed E-state index contributed by atoms with van der Waals surface area (Å²) in [6.45, 7) is 15.5. The lowest BCUT2D eigenvalue weighted by atomic mass is 9.99. The zero-order valence-corrected chi connectivity index (χ0v) is 28.9. The molecule has 0 aliphatic heterocycles. The number of benzene rings is 3. The summed E-state index contributed by atoms with van der Waals surface area (Å²) in [5.74, 6) is -0.280. The lowest BCUT2D eigenvalue weighted by molar-refractivity contribution is -0.323. The maximum atomic E-state index is 12.1. The van der Waals surface area contributed by atoms with Gasteiger partial charge in [0.05, 0.1) is 10.9 Å². The summed E-state index contributed by atoms with van der Waals surface area (Å²) in [5, 5.41) is 0. The average molecular weight is 654 g/mol. The molecule has 10 heteroatoms. The van der Waals surface area contributed by atoms with Crippen LogP contribution in [0.5, 0.6) is 11.5 Å². The smallest absolute Gasteiger partial charge is 0.344 e. The van der Waals surface area contributed by atoms with Gasteiger partial charge in [-0.15, -0.1) is 0 Å². The molecule has 3 aromatic carbocycles. The van der Waals surface area contributed by atoms with E-state index in [1.807, 2.05) is 116 Å². The maximum Gasteiger partial charge on any atom is 0.344 e. The van der Waals surface area contributed by atoms with Crippen molar-refractivity contribution in [3.05, 3.63) is 78.4 Å². The molecule has 0 amide bonds. The topological polar surface area (TPSA) is 107 Å². The first-order valence-corrected chi connectivity index (χ1v) is 16.2. The van der Waals surface area contributed by atoms with Crippen molar-refractivity contribution in [2.75, 3.05) is 13.2 Å². The van der Waals surface area contributed by atoms with E-state index in [1.54, 1.807) is 0 Å². The average Bonchev–Trinajstić information content (AvgIpc) is 2.94. The maximum absolute atomic E-state index is 12.1. The first-order valence-electron chi connectivity index (χ1n) is 15.0. The Labute approximate surface area is 274 Å². The van der Waals surface area contributed by atoms with Crippen LogP contribution in [-0.4, -0.2) is 47.9 Å². The number of hydrogen-bond donors (Lipinski definition) is 0. The van der Waals surface area contributed by atoms with Crippen molar-refractivity contribution < 1.29 is 43.1 Å². The van der Waals surface area contributed by atoms with Gasteiger partial charge in [0.1, 0.15) is 28.3 Å². The Morgan fingerprint density at radius 2 is 0.957 bits per heavy atom. The second-order valence-corrected chi connectivity index (χ2v) is 15.3. The fourth-order valence-electron chi connectivity index (χ4n) is 4.21. The molecule has 0 heterocycles. The number of esters is 2. The van der Waals surface area contributed by atoms with E-state index in [0.717, 1.165) is 20.2 Å². The molecule has 0 saturated heterocycles. The zero-order chi connectivity index (χ0) is 34.1. The highest BCUT2D eigenvalue weighted by molar-refractivity contribution is 7.97. The number of hydrogen-bond acceptors (Lipinski definition) is 9. The summed E-state index contributed by atoms with van der Waals surface area (Å²) in [6, 6.07) is 23.4. The molecule has 0 bridgehead atoms. The van der Waals surface area contributed by atoms with Gasteiger partial charge in [0, 0.05) is 13.3 Å². The molecule has 0 aliphatic carbocycles. The molecule has 3 aromatic rings. The minimum atomic E-state index is -0.709. The van der Waals surface area contributed by atoms with Gasteiger partial charge in [0.15, 0.2) is 27.9 Å². The molecule has 0 fully saturated rings. The van der Waals surface area contributed by atoms with E-state index >= 15 is 0 Å². The second-order valence-electron chi connectivity index (χ2n) is 13.2. The fraction of sp³-hybridized carbons (Fsp3) is 0.417. The number of rotatable bonds is 13. The molecule has 3 rings (SSSR count). The van der Waals surface area contributed by atoms with E-state index in [-0.39, 0.29) is 13.2 Å². The van der Waals surface area contributed by atoms with Gasteiger partial charge in [0.25, 0.3) is 0 Å². The third kappa shape index (κ3) is 12.8. The summed E-state index contributed by atoms with van der Waals surface area (Å²) in [6.07, 6.45) is 0.529. The fourth-order valence-corrected chi connectivity index (χ4v) is 6.26. The molecule has 0 N–H and O–H groups in total. The third-order valence-electron chi connectivity index (χ3n) is 5.85. The van der Waals surface area contributed by atoms with Gasteiger partial charge in [-0.25, -0.2) is 14.4 Å². The van der Waals surface area contributed by atoms with E-state index in [4.69, 9.17) is 28.7 Å². The van der Waals surface area contributed by atoms with Gasteiger partial charge < -0.3 is 18.9 Å². The highest BCUT2D eigenvalue weighted by atomic mass is 32.2. The normalized spacial score (nSPS) is 12.0. The van der Waals surface area contributed by atoms with Crippen LogP contribution < -0.4 is 9.47 Å². The molecule has 9 nitrogen and oxygen atoms in total. The Bertz CT molecular complexity index is 1370. The summed E-state index contributed by atoms with van der Waals surface area (Å²) in [4.78, 5) is 48.6. The molecule has 0 unspecified atom stereocenters. The molecular formula is C36H45O9S+. The number of carbonyl (C=O) groups is 3. The Kier molecular flexibility index (Phi) is 12.3. The van der Waals surface area contributed by atoms with Crippen LogP contribution in [0.2, 0.25) is 0 Å². The Balaban J connectivity index is 1.83. The molecule has 0 aliphatic rings. The van der Waals surface area contributed by atoms with Gasteiger partial charge in [-0.2, -0.15) is 4.89 Å². The summed E-state index contributed by atoms with van der Waals surface area (Å²) in [7, 11) is -0.519. The van der Waals surface area contributed by atoms with E-state index in [1.165, 1.54) is 6.92 Å². The van der Waals surface area contributed by atoms with Gasteiger partial charge in [-0.1, -0.05) is 12.1 Å². The van der Waals surface area contributed by atoms with E-state index in [9.17, 15) is 14.4 Å². The van der Waals surface area contributed by atoms with E-state index in [2.05, 4.69) is 12.1 Å². The summed E-state index contributed by atoms with van der Waals surface area (Å²) < 4.78 is 22.0. The third-order valence-corrected chi connectivity index (χ3v) is 8.08. The molecule has 0 saturated carbocycles. The van der Waals surface area contributed by atoms with Crippen LogP contribution in [0.25, 0.3) is 0 Å². The number of carbonyl (C=O) groups excluding carboxylic acids is 3. The van der Waals surface area contributed by atoms with Crippen molar-refractivity contribution >= 4 is 28.8 Å². The van der Waals surface area contributed by atoms with Crippen LogP contribution in [0.4, 0.5) is 0 Å². The summed E-state index contributed by atoms with van der Waals surface area (Å²) in [5.41, 5.74) is -0.870. The SMILES string of the molecule is CC(=O)OOC(C)(C)Cc1ccc([S+](c2ccc(OCC(=O)OC(C)(C)C)cc2)c2ccc(OCC(=O)OC(C)(C)C)cc2)cc1. The van der Waals surface area contributed by atoms with Crippen LogP contribution in [-0.2, 0) is 50.9 Å². The number of ether oxygens (including phenoxy) is 4. The van der Waals surface area contributed by atoms with Gasteiger partial charge >= 0.3 is 17.9 Å². The summed E-state index contributed by atoms with van der Waals surface area (Å²) >= 11 is 0. The molecule has 0 aromatic heterocycles. The van der Waals surface area contributed by atoms with Crippen molar-refractivity contribution in [1.29, 1.82) is 0 Å². The molecule has 0 spiro atoms. The molecule has 0 radical (unpaired) electrons. The van der Waals surface area contributed by atoms with Crippen molar-refractivity contribution in [3.63, 3.8) is 0 Å². The molecular weight excluding hydrogens is 608 g/mol. The predicted octanol–water partition coefficient (Wildman–Crippen LogP) is 7.04. The Morgan fingerprint density at radius 3 is 1.30 bits per heavy atom. The second kappa shape index (κ2) is 15.5. The zero-order valence-electron chi connectivity index (χ0n) is 28.1. The van der Waals surface area contributed by atoms with Crippen molar-refractivity contribution in [2.45, 2.75) is 100 Å². The van der Waals surface area contributed by atoms with Crippen LogP contribution in [0, 0.1) is 0 Å².